The molecule has 0 unspecified atom stereocenters. The number of carboxylic acid groups (broad SMARTS) is 1. The van der Waals surface area contributed by atoms with Gasteiger partial charge in [0.1, 0.15) is 17.6 Å². The first-order chi connectivity index (χ1) is 13.3. The number of carboxylic acids is 1. The van der Waals surface area contributed by atoms with Crippen molar-refractivity contribution in [1.82, 2.24) is 0 Å². The van der Waals surface area contributed by atoms with Crippen LogP contribution in [-0.2, 0) is 4.79 Å². The van der Waals surface area contributed by atoms with Crippen LogP contribution in [0.5, 0.6) is 5.75 Å². The molecule has 1 aliphatic carbocycles. The molecule has 1 heterocycles. The average molecular weight is 464 g/mol. The first-order valence-corrected chi connectivity index (χ1v) is 9.93. The van der Waals surface area contributed by atoms with Crippen molar-refractivity contribution < 1.29 is 19.1 Å². The molecule has 28 heavy (non-hydrogen) atoms. The topological polar surface area (TPSA) is 76.7 Å². The SMILES string of the molecule is Cc1cc(-c2cc(=O)c3cccc(Cl)c3o2)c(O[C@H]2C[C@@H](C(=O)O)C2)cc1Br. The number of halogens is 2. The molecule has 1 aliphatic rings. The Morgan fingerprint density at radius 2 is 2.04 bits per heavy atom. The lowest BCUT2D eigenvalue weighted by atomic mass is 9.82. The van der Waals surface area contributed by atoms with E-state index in [0.717, 1.165) is 10.0 Å². The minimum Gasteiger partial charge on any atom is -0.490 e. The van der Waals surface area contributed by atoms with Crippen molar-refractivity contribution in [3.05, 3.63) is 61.7 Å². The minimum absolute atomic E-state index is 0.190. The molecule has 1 aromatic heterocycles. The molecule has 0 bridgehead atoms. The van der Waals surface area contributed by atoms with Gasteiger partial charge in [-0.1, -0.05) is 33.6 Å². The third-order valence-corrected chi connectivity index (χ3v) is 6.12. The van der Waals surface area contributed by atoms with E-state index in [-0.39, 0.29) is 17.5 Å². The average Bonchev–Trinajstić information content (AvgIpc) is 2.60. The van der Waals surface area contributed by atoms with E-state index in [2.05, 4.69) is 15.9 Å². The van der Waals surface area contributed by atoms with Crippen molar-refractivity contribution in [3.8, 4) is 17.1 Å². The largest absolute Gasteiger partial charge is 0.490 e. The van der Waals surface area contributed by atoms with Gasteiger partial charge in [0.05, 0.1) is 21.9 Å². The van der Waals surface area contributed by atoms with Gasteiger partial charge in [0, 0.05) is 10.5 Å². The maximum absolute atomic E-state index is 12.6. The van der Waals surface area contributed by atoms with Gasteiger partial charge >= 0.3 is 5.97 Å². The third-order valence-electron chi connectivity index (χ3n) is 4.97. The number of para-hydroxylation sites is 1. The van der Waals surface area contributed by atoms with Crippen LogP contribution < -0.4 is 10.2 Å². The van der Waals surface area contributed by atoms with Gasteiger partial charge in [-0.25, -0.2) is 0 Å². The Kier molecular flexibility index (Phi) is 4.93. The van der Waals surface area contributed by atoms with Gasteiger partial charge in [0.15, 0.2) is 11.0 Å². The Labute approximate surface area is 174 Å². The van der Waals surface area contributed by atoms with E-state index in [1.165, 1.54) is 6.07 Å². The second-order valence-corrected chi connectivity index (χ2v) is 8.20. The van der Waals surface area contributed by atoms with Crippen molar-refractivity contribution in [2.45, 2.75) is 25.9 Å². The molecule has 5 nitrogen and oxygen atoms in total. The lowest BCUT2D eigenvalue weighted by molar-refractivity contribution is -0.147. The fourth-order valence-electron chi connectivity index (χ4n) is 3.27. The number of carbonyl (C=O) groups is 1. The van der Waals surface area contributed by atoms with E-state index >= 15 is 0 Å². The van der Waals surface area contributed by atoms with Crippen LogP contribution in [0.3, 0.4) is 0 Å². The summed E-state index contributed by atoms with van der Waals surface area (Å²) in [4.78, 5) is 23.6. The quantitative estimate of drug-likeness (QED) is 0.558. The van der Waals surface area contributed by atoms with E-state index in [9.17, 15) is 9.59 Å². The molecular weight excluding hydrogens is 448 g/mol. The number of hydrogen-bond acceptors (Lipinski definition) is 4. The highest BCUT2D eigenvalue weighted by Crippen LogP contribution is 2.39. The fraction of sp³-hybridized carbons (Fsp3) is 0.238. The van der Waals surface area contributed by atoms with E-state index < -0.39 is 5.97 Å². The predicted octanol–water partition coefficient (Wildman–Crippen LogP) is 5.43. The first-order valence-electron chi connectivity index (χ1n) is 8.76. The van der Waals surface area contributed by atoms with Gasteiger partial charge in [-0.3, -0.25) is 9.59 Å². The summed E-state index contributed by atoms with van der Waals surface area (Å²) in [6.07, 6.45) is 0.715. The number of hydrogen-bond donors (Lipinski definition) is 1. The number of benzene rings is 2. The summed E-state index contributed by atoms with van der Waals surface area (Å²) in [6, 6.07) is 10.1. The van der Waals surface area contributed by atoms with Crippen LogP contribution in [0.1, 0.15) is 18.4 Å². The smallest absolute Gasteiger partial charge is 0.306 e. The Hall–Kier alpha value is -2.31. The molecular formula is C21H16BrClO5. The Morgan fingerprint density at radius 1 is 1.29 bits per heavy atom. The van der Waals surface area contributed by atoms with Crippen molar-refractivity contribution in [1.29, 1.82) is 0 Å². The number of fused-ring (bicyclic) bond motifs is 1. The Bertz CT molecular complexity index is 1150. The van der Waals surface area contributed by atoms with Crippen molar-refractivity contribution in [2.24, 2.45) is 5.92 Å². The molecule has 0 saturated heterocycles. The second-order valence-electron chi connectivity index (χ2n) is 6.94. The standard InChI is InChI=1S/C21H16BrClO5/c1-10-5-14(18(8-15(10)22)27-12-6-11(7-12)21(25)26)19-9-17(24)13-3-2-4-16(23)20(13)28-19/h2-5,8-9,11-12H,6-7H2,1H3,(H,25,26)/t11-,12+. The Morgan fingerprint density at radius 3 is 2.75 bits per heavy atom. The molecule has 0 aliphatic heterocycles. The molecule has 7 heteroatoms. The van der Waals surface area contributed by atoms with Gasteiger partial charge in [-0.05, 0) is 49.6 Å². The van der Waals surface area contributed by atoms with Crippen LogP contribution in [0, 0.1) is 12.8 Å². The molecule has 1 N–H and O–H groups in total. The fourth-order valence-corrected chi connectivity index (χ4v) is 3.81. The molecule has 1 saturated carbocycles. The zero-order valence-corrected chi connectivity index (χ0v) is 17.2. The van der Waals surface area contributed by atoms with E-state index in [1.54, 1.807) is 18.2 Å². The number of aliphatic carboxylic acids is 1. The van der Waals surface area contributed by atoms with Crippen LogP contribution in [0.4, 0.5) is 0 Å². The van der Waals surface area contributed by atoms with Gasteiger partial charge in [0.2, 0.25) is 0 Å². The number of rotatable bonds is 4. The van der Waals surface area contributed by atoms with Crippen molar-refractivity contribution in [2.75, 3.05) is 0 Å². The minimum atomic E-state index is -0.805. The van der Waals surface area contributed by atoms with E-state index in [1.807, 2.05) is 19.1 Å². The highest BCUT2D eigenvalue weighted by molar-refractivity contribution is 9.10. The number of ether oxygens (including phenoxy) is 1. The van der Waals surface area contributed by atoms with Gasteiger partial charge < -0.3 is 14.3 Å². The zero-order valence-electron chi connectivity index (χ0n) is 14.9. The molecule has 3 aromatic rings. The van der Waals surface area contributed by atoms with Crippen LogP contribution >= 0.6 is 27.5 Å². The monoisotopic (exact) mass is 462 g/mol. The van der Waals surface area contributed by atoms with Crippen LogP contribution in [-0.4, -0.2) is 17.2 Å². The summed E-state index contributed by atoms with van der Waals surface area (Å²) in [7, 11) is 0. The summed E-state index contributed by atoms with van der Waals surface area (Å²) in [5.74, 6) is -0.300. The van der Waals surface area contributed by atoms with E-state index in [0.29, 0.717) is 45.9 Å². The van der Waals surface area contributed by atoms with Gasteiger partial charge in [-0.2, -0.15) is 0 Å². The molecule has 0 atom stereocenters. The predicted molar refractivity (Wildman–Crippen MR) is 110 cm³/mol. The maximum Gasteiger partial charge on any atom is 0.306 e. The lowest BCUT2D eigenvalue weighted by Gasteiger charge is -2.33. The Balaban J connectivity index is 1.78. The van der Waals surface area contributed by atoms with Crippen LogP contribution in [0.25, 0.3) is 22.3 Å². The summed E-state index contributed by atoms with van der Waals surface area (Å²) < 4.78 is 12.9. The highest BCUT2D eigenvalue weighted by atomic mass is 79.9. The van der Waals surface area contributed by atoms with Gasteiger partial charge in [0.25, 0.3) is 0 Å². The molecule has 4 rings (SSSR count). The summed E-state index contributed by atoms with van der Waals surface area (Å²) >= 11 is 9.72. The maximum atomic E-state index is 12.6. The van der Waals surface area contributed by atoms with Crippen LogP contribution in [0.2, 0.25) is 5.02 Å². The highest BCUT2D eigenvalue weighted by Gasteiger charge is 2.36. The van der Waals surface area contributed by atoms with Crippen molar-refractivity contribution in [3.63, 3.8) is 0 Å². The second kappa shape index (κ2) is 7.26. The molecule has 1 fully saturated rings. The first kappa shape index (κ1) is 19.0. The normalized spacial score (nSPS) is 18.7. The van der Waals surface area contributed by atoms with E-state index in [4.69, 9.17) is 25.9 Å². The summed E-state index contributed by atoms with van der Waals surface area (Å²) in [5, 5.41) is 9.83. The molecule has 0 radical (unpaired) electrons. The summed E-state index contributed by atoms with van der Waals surface area (Å²) in [6.45, 7) is 1.92. The zero-order chi connectivity index (χ0) is 20.0. The van der Waals surface area contributed by atoms with Crippen molar-refractivity contribution >= 4 is 44.5 Å². The molecule has 0 amide bonds. The van der Waals surface area contributed by atoms with Crippen LogP contribution in [0.15, 0.2) is 50.1 Å². The molecule has 144 valence electrons. The lowest BCUT2D eigenvalue weighted by Crippen LogP contribution is -2.38. The van der Waals surface area contributed by atoms with Gasteiger partial charge in [-0.15, -0.1) is 0 Å². The molecule has 0 spiro atoms. The summed E-state index contributed by atoms with van der Waals surface area (Å²) in [5.41, 5.74) is 1.70. The number of aryl methyl sites for hydroxylation is 1. The third kappa shape index (κ3) is 3.42. The molecule has 2 aromatic carbocycles.